The maximum Gasteiger partial charge on any atom is 0.322 e. The number of ether oxygens (including phenoxy) is 1. The third-order valence-electron chi connectivity index (χ3n) is 2.29. The Hall–Kier alpha value is -1.44. The summed E-state index contributed by atoms with van der Waals surface area (Å²) in [5, 5.41) is 9.78. The van der Waals surface area contributed by atoms with Crippen molar-refractivity contribution in [3.8, 4) is 0 Å². The molecule has 0 radical (unpaired) electrons. The number of esters is 1. The number of hydrogen-bond donors (Lipinski definition) is 2. The molecule has 0 aliphatic rings. The normalized spacial score (nSPS) is 12.9. The lowest BCUT2D eigenvalue weighted by Gasteiger charge is -2.12. The number of carbonyl (C=O) groups excluding carboxylic acids is 1. The summed E-state index contributed by atoms with van der Waals surface area (Å²) in [7, 11) is -3.79. The Morgan fingerprint density at radius 1 is 1.37 bits per heavy atom. The van der Waals surface area contributed by atoms with Gasteiger partial charge in [0.2, 0.25) is 10.0 Å². The van der Waals surface area contributed by atoms with Crippen molar-refractivity contribution in [2.75, 3.05) is 18.9 Å². The molecule has 0 heterocycles. The molecule has 0 saturated heterocycles. The van der Waals surface area contributed by atoms with Crippen molar-refractivity contribution in [3.63, 3.8) is 0 Å². The molecule has 1 aromatic carbocycles. The van der Waals surface area contributed by atoms with E-state index >= 15 is 0 Å². The second-order valence-corrected chi connectivity index (χ2v) is 5.65. The average Bonchev–Trinajstić information content (AvgIpc) is 2.37. The maximum absolute atomic E-state index is 11.5. The van der Waals surface area contributed by atoms with E-state index in [0.29, 0.717) is 5.56 Å². The highest BCUT2D eigenvalue weighted by atomic mass is 32.2. The Labute approximate surface area is 112 Å². The Kier molecular flexibility index (Phi) is 5.94. The number of aliphatic hydroxyl groups excluding tert-OH is 1. The minimum atomic E-state index is -3.79. The second kappa shape index (κ2) is 7.22. The largest absolute Gasteiger partial charge is 0.465 e. The summed E-state index contributed by atoms with van der Waals surface area (Å²) in [4.78, 5) is 11.1. The molecular formula is C12H17NO5S. The number of rotatable bonds is 7. The van der Waals surface area contributed by atoms with Crippen LogP contribution in [-0.4, -0.2) is 38.4 Å². The van der Waals surface area contributed by atoms with Gasteiger partial charge in [0.15, 0.2) is 5.75 Å². The van der Waals surface area contributed by atoms with E-state index in [2.05, 4.69) is 9.46 Å². The van der Waals surface area contributed by atoms with Gasteiger partial charge in [0.05, 0.1) is 12.7 Å². The first kappa shape index (κ1) is 15.6. The van der Waals surface area contributed by atoms with E-state index in [1.165, 1.54) is 0 Å². The summed E-state index contributed by atoms with van der Waals surface area (Å²) < 4.78 is 29.8. The van der Waals surface area contributed by atoms with Crippen molar-refractivity contribution in [1.82, 2.24) is 4.72 Å². The molecule has 19 heavy (non-hydrogen) atoms. The van der Waals surface area contributed by atoms with Crippen LogP contribution in [0.4, 0.5) is 0 Å². The fraction of sp³-hybridized carbons (Fsp3) is 0.417. The van der Waals surface area contributed by atoms with Crippen LogP contribution in [0.5, 0.6) is 0 Å². The Morgan fingerprint density at radius 3 is 2.58 bits per heavy atom. The van der Waals surface area contributed by atoms with Crippen LogP contribution in [0, 0.1) is 0 Å². The maximum atomic E-state index is 11.5. The molecule has 6 nitrogen and oxygen atoms in total. The standard InChI is InChI=1S/C12H17NO5S/c1-2-18-12(15)9-19(16,17)13-8-11(14)10-6-4-3-5-7-10/h3-7,11,13-14H,2,8-9H2,1H3. The van der Waals surface area contributed by atoms with Gasteiger partial charge < -0.3 is 9.84 Å². The van der Waals surface area contributed by atoms with E-state index in [1.54, 1.807) is 37.3 Å². The van der Waals surface area contributed by atoms with E-state index in [-0.39, 0.29) is 13.2 Å². The summed E-state index contributed by atoms with van der Waals surface area (Å²) in [6, 6.07) is 8.65. The summed E-state index contributed by atoms with van der Waals surface area (Å²) >= 11 is 0. The van der Waals surface area contributed by atoms with Gasteiger partial charge >= 0.3 is 5.97 Å². The molecule has 0 aliphatic carbocycles. The zero-order valence-electron chi connectivity index (χ0n) is 10.6. The highest BCUT2D eigenvalue weighted by Gasteiger charge is 2.18. The molecule has 0 fully saturated rings. The molecule has 1 unspecified atom stereocenters. The highest BCUT2D eigenvalue weighted by molar-refractivity contribution is 7.90. The first-order valence-corrected chi connectivity index (χ1v) is 7.46. The van der Waals surface area contributed by atoms with E-state index < -0.39 is 27.8 Å². The molecule has 0 spiro atoms. The first-order chi connectivity index (χ1) is 8.94. The predicted molar refractivity (Wildman–Crippen MR) is 69.8 cm³/mol. The summed E-state index contributed by atoms with van der Waals surface area (Å²) in [5.74, 6) is -1.56. The molecule has 0 bridgehead atoms. The van der Waals surface area contributed by atoms with Gasteiger partial charge in [-0.05, 0) is 12.5 Å². The lowest BCUT2D eigenvalue weighted by molar-refractivity contribution is -0.139. The van der Waals surface area contributed by atoms with Crippen LogP contribution in [0.15, 0.2) is 30.3 Å². The average molecular weight is 287 g/mol. The third kappa shape index (κ3) is 5.82. The van der Waals surface area contributed by atoms with Gasteiger partial charge in [-0.1, -0.05) is 30.3 Å². The Bertz CT molecular complexity index is 500. The molecule has 1 aromatic rings. The number of carbonyl (C=O) groups is 1. The molecule has 0 saturated carbocycles. The summed E-state index contributed by atoms with van der Waals surface area (Å²) in [6.07, 6.45) is -0.960. The van der Waals surface area contributed by atoms with Gasteiger partial charge in [0.1, 0.15) is 0 Å². The van der Waals surface area contributed by atoms with Gasteiger partial charge in [-0.3, -0.25) is 4.79 Å². The second-order valence-electron chi connectivity index (χ2n) is 3.84. The molecule has 0 aromatic heterocycles. The monoisotopic (exact) mass is 287 g/mol. The topological polar surface area (TPSA) is 92.7 Å². The SMILES string of the molecule is CCOC(=O)CS(=O)(=O)NCC(O)c1ccccc1. The lowest BCUT2D eigenvalue weighted by Crippen LogP contribution is -2.33. The quantitative estimate of drug-likeness (QED) is 0.699. The van der Waals surface area contributed by atoms with Crippen LogP contribution in [0.2, 0.25) is 0 Å². The van der Waals surface area contributed by atoms with Crippen molar-refractivity contribution in [2.24, 2.45) is 0 Å². The minimum Gasteiger partial charge on any atom is -0.465 e. The number of nitrogens with one attached hydrogen (secondary N) is 1. The van der Waals surface area contributed by atoms with Crippen LogP contribution in [0.1, 0.15) is 18.6 Å². The molecule has 106 valence electrons. The fourth-order valence-corrected chi connectivity index (χ4v) is 2.32. The van der Waals surface area contributed by atoms with Crippen LogP contribution >= 0.6 is 0 Å². The van der Waals surface area contributed by atoms with Crippen LogP contribution in [0.3, 0.4) is 0 Å². The summed E-state index contributed by atoms with van der Waals surface area (Å²) in [5.41, 5.74) is 0.598. The van der Waals surface area contributed by atoms with E-state index in [1.807, 2.05) is 0 Å². The molecule has 1 rings (SSSR count). The Balaban J connectivity index is 2.49. The number of benzene rings is 1. The lowest BCUT2D eigenvalue weighted by atomic mass is 10.1. The molecule has 0 amide bonds. The van der Waals surface area contributed by atoms with Gasteiger partial charge in [0.25, 0.3) is 0 Å². The Morgan fingerprint density at radius 2 is 2.00 bits per heavy atom. The van der Waals surface area contributed by atoms with Crippen molar-refractivity contribution < 1.29 is 23.1 Å². The smallest absolute Gasteiger partial charge is 0.322 e. The molecule has 2 N–H and O–H groups in total. The van der Waals surface area contributed by atoms with Crippen LogP contribution < -0.4 is 4.72 Å². The summed E-state index contributed by atoms with van der Waals surface area (Å²) in [6.45, 7) is 1.53. The number of sulfonamides is 1. The van der Waals surface area contributed by atoms with E-state index in [9.17, 15) is 18.3 Å². The van der Waals surface area contributed by atoms with Crippen LogP contribution in [0.25, 0.3) is 0 Å². The molecular weight excluding hydrogens is 270 g/mol. The van der Waals surface area contributed by atoms with Gasteiger partial charge in [-0.2, -0.15) is 0 Å². The van der Waals surface area contributed by atoms with Gasteiger partial charge in [-0.15, -0.1) is 0 Å². The van der Waals surface area contributed by atoms with E-state index in [4.69, 9.17) is 0 Å². The zero-order valence-corrected chi connectivity index (χ0v) is 11.4. The van der Waals surface area contributed by atoms with E-state index in [0.717, 1.165) is 0 Å². The minimum absolute atomic E-state index is 0.126. The van der Waals surface area contributed by atoms with Gasteiger partial charge in [0, 0.05) is 6.54 Å². The predicted octanol–water partition coefficient (Wildman–Crippen LogP) is 0.203. The molecule has 7 heteroatoms. The third-order valence-corrected chi connectivity index (χ3v) is 3.52. The fourth-order valence-electron chi connectivity index (χ4n) is 1.41. The highest BCUT2D eigenvalue weighted by Crippen LogP contribution is 2.10. The van der Waals surface area contributed by atoms with Crippen molar-refractivity contribution >= 4 is 16.0 Å². The molecule has 1 atom stereocenters. The number of hydrogen-bond acceptors (Lipinski definition) is 5. The molecule has 0 aliphatic heterocycles. The van der Waals surface area contributed by atoms with Gasteiger partial charge in [-0.25, -0.2) is 13.1 Å². The van der Waals surface area contributed by atoms with Crippen molar-refractivity contribution in [2.45, 2.75) is 13.0 Å². The zero-order chi connectivity index (χ0) is 14.3. The van der Waals surface area contributed by atoms with Crippen molar-refractivity contribution in [1.29, 1.82) is 0 Å². The van der Waals surface area contributed by atoms with Crippen molar-refractivity contribution in [3.05, 3.63) is 35.9 Å². The van der Waals surface area contributed by atoms with Crippen LogP contribution in [-0.2, 0) is 19.6 Å². The first-order valence-electron chi connectivity index (χ1n) is 5.80. The number of aliphatic hydroxyl groups is 1.